The van der Waals surface area contributed by atoms with Crippen LogP contribution in [0.25, 0.3) is 11.0 Å². The number of fused-ring (bicyclic) bond motifs is 1. The van der Waals surface area contributed by atoms with Gasteiger partial charge in [0, 0.05) is 10.9 Å². The van der Waals surface area contributed by atoms with E-state index in [1.807, 2.05) is 25.1 Å². The highest BCUT2D eigenvalue weighted by molar-refractivity contribution is 5.82. The first-order valence-corrected chi connectivity index (χ1v) is 6.92. The molecule has 1 heterocycles. The molecule has 0 aliphatic carbocycles. The molecule has 0 aliphatic rings. The fourth-order valence-electron chi connectivity index (χ4n) is 2.53. The summed E-state index contributed by atoms with van der Waals surface area (Å²) in [4.78, 5) is 11.5. The van der Waals surface area contributed by atoms with Crippen LogP contribution in [0.3, 0.4) is 0 Å². The summed E-state index contributed by atoms with van der Waals surface area (Å²) >= 11 is 0. The highest BCUT2D eigenvalue weighted by Crippen LogP contribution is 2.30. The molecule has 20 heavy (non-hydrogen) atoms. The van der Waals surface area contributed by atoms with Crippen molar-refractivity contribution in [2.24, 2.45) is 0 Å². The van der Waals surface area contributed by atoms with E-state index in [1.165, 1.54) is 12.7 Å². The molecule has 108 valence electrons. The van der Waals surface area contributed by atoms with Crippen molar-refractivity contribution in [1.82, 2.24) is 5.32 Å². The number of carbonyl (C=O) groups is 1. The molecule has 0 spiro atoms. The van der Waals surface area contributed by atoms with Crippen molar-refractivity contribution in [1.29, 1.82) is 0 Å². The van der Waals surface area contributed by atoms with Gasteiger partial charge in [0.05, 0.1) is 13.2 Å². The van der Waals surface area contributed by atoms with Crippen molar-refractivity contribution in [3.63, 3.8) is 0 Å². The van der Waals surface area contributed by atoms with Gasteiger partial charge in [-0.25, -0.2) is 0 Å². The van der Waals surface area contributed by atoms with Crippen LogP contribution in [-0.4, -0.2) is 19.1 Å². The van der Waals surface area contributed by atoms with Gasteiger partial charge in [-0.2, -0.15) is 0 Å². The maximum absolute atomic E-state index is 11.5. The number of esters is 1. The third-order valence-electron chi connectivity index (χ3n) is 3.53. The quantitative estimate of drug-likeness (QED) is 0.851. The van der Waals surface area contributed by atoms with E-state index in [2.05, 4.69) is 18.3 Å². The second-order valence-corrected chi connectivity index (χ2v) is 4.93. The first-order chi connectivity index (χ1) is 9.58. The van der Waals surface area contributed by atoms with Gasteiger partial charge < -0.3 is 9.15 Å². The monoisotopic (exact) mass is 275 g/mol. The summed E-state index contributed by atoms with van der Waals surface area (Å²) in [6.07, 6.45) is 0.894. The molecule has 1 N–H and O–H groups in total. The maximum Gasteiger partial charge on any atom is 0.322 e. The van der Waals surface area contributed by atoms with Crippen LogP contribution in [-0.2, 0) is 16.0 Å². The third-order valence-corrected chi connectivity index (χ3v) is 3.53. The molecule has 2 atom stereocenters. The van der Waals surface area contributed by atoms with Gasteiger partial charge in [-0.1, -0.05) is 25.1 Å². The molecule has 0 radical (unpaired) electrons. The summed E-state index contributed by atoms with van der Waals surface area (Å²) in [7, 11) is 1.39. The lowest BCUT2D eigenvalue weighted by Gasteiger charge is -2.17. The van der Waals surface area contributed by atoms with Crippen LogP contribution in [0.5, 0.6) is 0 Å². The predicted octanol–water partition coefficient (Wildman–Crippen LogP) is 3.21. The molecule has 0 amide bonds. The summed E-state index contributed by atoms with van der Waals surface area (Å²) < 4.78 is 10.7. The molecule has 2 aromatic rings. The average Bonchev–Trinajstić information content (AvgIpc) is 2.84. The number of nitrogens with one attached hydrogen (secondary N) is 1. The number of carbonyl (C=O) groups excluding carboxylic acids is 1. The molecule has 2 unspecified atom stereocenters. The summed E-state index contributed by atoms with van der Waals surface area (Å²) in [5.74, 6) is 0.621. The molecule has 0 fully saturated rings. The number of furan rings is 1. The number of hydrogen-bond acceptors (Lipinski definition) is 4. The Kier molecular flexibility index (Phi) is 4.45. The Balaban J connectivity index is 2.30. The SMILES string of the molecule is CCc1c(C(C)NC(C)C(=O)OC)oc2ccccc12. The molecule has 1 aromatic carbocycles. The van der Waals surface area contributed by atoms with E-state index in [1.54, 1.807) is 6.92 Å². The van der Waals surface area contributed by atoms with Gasteiger partial charge in [0.1, 0.15) is 17.4 Å². The minimum Gasteiger partial charge on any atom is -0.468 e. The Labute approximate surface area is 119 Å². The standard InChI is InChI=1S/C16H21NO3/c1-5-12-13-8-6-7-9-14(13)20-15(12)10(2)17-11(3)16(18)19-4/h6-11,17H,5H2,1-4H3. The highest BCUT2D eigenvalue weighted by Gasteiger charge is 2.22. The summed E-state index contributed by atoms with van der Waals surface area (Å²) in [5, 5.41) is 4.36. The van der Waals surface area contributed by atoms with Crippen LogP contribution in [0.15, 0.2) is 28.7 Å². The second kappa shape index (κ2) is 6.09. The lowest BCUT2D eigenvalue weighted by molar-refractivity contribution is -0.142. The molecule has 0 saturated carbocycles. The molecular weight excluding hydrogens is 254 g/mol. The first-order valence-electron chi connectivity index (χ1n) is 6.92. The Bertz CT molecular complexity index is 603. The van der Waals surface area contributed by atoms with Gasteiger partial charge >= 0.3 is 5.97 Å². The lowest BCUT2D eigenvalue weighted by atomic mass is 10.0. The summed E-state index contributed by atoms with van der Waals surface area (Å²) in [5.41, 5.74) is 2.08. The first kappa shape index (κ1) is 14.6. The van der Waals surface area contributed by atoms with E-state index in [-0.39, 0.29) is 18.1 Å². The number of hydrogen-bond donors (Lipinski definition) is 1. The van der Waals surface area contributed by atoms with Gasteiger partial charge in [-0.3, -0.25) is 10.1 Å². The number of methoxy groups -OCH3 is 1. The summed E-state index contributed by atoms with van der Waals surface area (Å²) in [6.45, 7) is 5.89. The molecule has 0 saturated heterocycles. The number of para-hydroxylation sites is 1. The topological polar surface area (TPSA) is 51.5 Å². The van der Waals surface area contributed by atoms with Crippen molar-refractivity contribution >= 4 is 16.9 Å². The zero-order chi connectivity index (χ0) is 14.7. The summed E-state index contributed by atoms with van der Waals surface area (Å²) in [6, 6.07) is 7.59. The van der Waals surface area contributed by atoms with E-state index in [4.69, 9.17) is 9.15 Å². The molecule has 1 aromatic heterocycles. The van der Waals surface area contributed by atoms with Crippen LogP contribution in [0.1, 0.15) is 38.1 Å². The largest absolute Gasteiger partial charge is 0.468 e. The van der Waals surface area contributed by atoms with E-state index in [0.29, 0.717) is 0 Å². The fourth-order valence-corrected chi connectivity index (χ4v) is 2.53. The molecule has 2 rings (SSSR count). The van der Waals surface area contributed by atoms with Crippen molar-refractivity contribution in [2.45, 2.75) is 39.3 Å². The van der Waals surface area contributed by atoms with Gasteiger partial charge in [0.15, 0.2) is 0 Å². The minimum absolute atomic E-state index is 0.0496. The number of rotatable bonds is 5. The van der Waals surface area contributed by atoms with Crippen LogP contribution in [0, 0.1) is 0 Å². The van der Waals surface area contributed by atoms with E-state index < -0.39 is 0 Å². The van der Waals surface area contributed by atoms with Crippen LogP contribution in [0.2, 0.25) is 0 Å². The van der Waals surface area contributed by atoms with Gasteiger partial charge in [0.25, 0.3) is 0 Å². The molecular formula is C16H21NO3. The molecule has 0 aliphatic heterocycles. The second-order valence-electron chi connectivity index (χ2n) is 4.93. The van der Waals surface area contributed by atoms with Crippen molar-refractivity contribution in [3.8, 4) is 0 Å². The van der Waals surface area contributed by atoms with Crippen molar-refractivity contribution < 1.29 is 13.9 Å². The molecule has 0 bridgehead atoms. The van der Waals surface area contributed by atoms with Gasteiger partial charge in [-0.15, -0.1) is 0 Å². The van der Waals surface area contributed by atoms with Crippen molar-refractivity contribution in [3.05, 3.63) is 35.6 Å². The van der Waals surface area contributed by atoms with Crippen LogP contribution < -0.4 is 5.32 Å². The Morgan fingerprint density at radius 2 is 2.05 bits per heavy atom. The average molecular weight is 275 g/mol. The zero-order valence-electron chi connectivity index (χ0n) is 12.4. The third kappa shape index (κ3) is 2.70. The lowest BCUT2D eigenvalue weighted by Crippen LogP contribution is -2.36. The minimum atomic E-state index is -0.368. The van der Waals surface area contributed by atoms with E-state index in [0.717, 1.165) is 23.2 Å². The van der Waals surface area contributed by atoms with Crippen LogP contribution >= 0.6 is 0 Å². The maximum atomic E-state index is 11.5. The van der Waals surface area contributed by atoms with Crippen LogP contribution in [0.4, 0.5) is 0 Å². The Hall–Kier alpha value is -1.81. The molecule has 4 heteroatoms. The zero-order valence-corrected chi connectivity index (χ0v) is 12.4. The highest BCUT2D eigenvalue weighted by atomic mass is 16.5. The molecule has 4 nitrogen and oxygen atoms in total. The van der Waals surface area contributed by atoms with Gasteiger partial charge in [0.2, 0.25) is 0 Å². The van der Waals surface area contributed by atoms with E-state index in [9.17, 15) is 4.79 Å². The van der Waals surface area contributed by atoms with Crippen molar-refractivity contribution in [2.75, 3.05) is 7.11 Å². The normalized spacial score (nSPS) is 14.2. The Morgan fingerprint density at radius 1 is 1.35 bits per heavy atom. The number of ether oxygens (including phenoxy) is 1. The number of aryl methyl sites for hydroxylation is 1. The number of benzene rings is 1. The Morgan fingerprint density at radius 3 is 2.70 bits per heavy atom. The fraction of sp³-hybridized carbons (Fsp3) is 0.438. The van der Waals surface area contributed by atoms with E-state index >= 15 is 0 Å². The van der Waals surface area contributed by atoms with Gasteiger partial charge in [-0.05, 0) is 26.3 Å². The smallest absolute Gasteiger partial charge is 0.322 e. The predicted molar refractivity (Wildman–Crippen MR) is 78.6 cm³/mol.